The molecular weight excluding hydrogens is 240 g/mol. The van der Waals surface area contributed by atoms with Gasteiger partial charge in [-0.15, -0.1) is 0 Å². The molecule has 0 saturated heterocycles. The maximum Gasteiger partial charge on any atom is 0.338 e. The van der Waals surface area contributed by atoms with Crippen LogP contribution in [-0.4, -0.2) is 18.4 Å². The van der Waals surface area contributed by atoms with Crippen molar-refractivity contribution in [2.75, 3.05) is 6.61 Å². The van der Waals surface area contributed by atoms with Crippen LogP contribution in [-0.2, 0) is 11.2 Å². The largest absolute Gasteiger partial charge is 0.462 e. The molecule has 0 N–H and O–H groups in total. The summed E-state index contributed by atoms with van der Waals surface area (Å²) in [5.41, 5.74) is 2.72. The first-order chi connectivity index (χ1) is 9.25. The van der Waals surface area contributed by atoms with E-state index < -0.39 is 0 Å². The highest BCUT2D eigenvalue weighted by Crippen LogP contribution is 2.20. The van der Waals surface area contributed by atoms with Crippen LogP contribution < -0.4 is 0 Å². The molecule has 0 unspecified atom stereocenters. The number of fused-ring (bicyclic) bond motifs is 1. The van der Waals surface area contributed by atoms with Crippen molar-refractivity contribution >= 4 is 11.8 Å². The van der Waals surface area contributed by atoms with Gasteiger partial charge >= 0.3 is 5.97 Å². The second-order valence-electron chi connectivity index (χ2n) is 4.45. The van der Waals surface area contributed by atoms with Crippen molar-refractivity contribution in [2.24, 2.45) is 0 Å². The summed E-state index contributed by atoms with van der Waals surface area (Å²) in [6.45, 7) is 0.384. The fourth-order valence-corrected chi connectivity index (χ4v) is 2.23. The molecule has 1 heterocycles. The van der Waals surface area contributed by atoms with E-state index in [0.717, 1.165) is 5.56 Å². The van der Waals surface area contributed by atoms with E-state index in [0.29, 0.717) is 29.7 Å². The van der Waals surface area contributed by atoms with Crippen LogP contribution >= 0.6 is 0 Å². The number of ketones is 1. The van der Waals surface area contributed by atoms with Gasteiger partial charge in [-0.3, -0.25) is 4.79 Å². The van der Waals surface area contributed by atoms with Crippen LogP contribution in [0.2, 0.25) is 0 Å². The molecule has 2 aromatic carbocycles. The molecule has 1 aliphatic rings. The Balaban J connectivity index is 1.99. The number of carbonyl (C=O) groups is 2. The zero-order valence-electron chi connectivity index (χ0n) is 10.3. The van der Waals surface area contributed by atoms with E-state index in [1.54, 1.807) is 30.3 Å². The Bertz CT molecular complexity index is 644. The number of rotatable bonds is 2. The van der Waals surface area contributed by atoms with Gasteiger partial charge in [0.15, 0.2) is 5.78 Å². The third kappa shape index (κ3) is 2.15. The number of ether oxygens (including phenoxy) is 1. The minimum Gasteiger partial charge on any atom is -0.462 e. The fraction of sp³-hybridized carbons (Fsp3) is 0.125. The Kier molecular flexibility index (Phi) is 2.88. The summed E-state index contributed by atoms with van der Waals surface area (Å²) in [5.74, 6) is -0.331. The standard InChI is InChI=1S/C16H12O3/c17-15(11-4-2-1-3-5-11)13-6-7-14-12(10-13)8-9-19-16(14)18/h1-7,10H,8-9H2. The number of benzene rings is 2. The molecule has 2 aromatic rings. The Morgan fingerprint density at radius 2 is 1.79 bits per heavy atom. The first-order valence-electron chi connectivity index (χ1n) is 6.15. The van der Waals surface area contributed by atoms with Gasteiger partial charge in [-0.25, -0.2) is 4.79 Å². The fourth-order valence-electron chi connectivity index (χ4n) is 2.23. The lowest BCUT2D eigenvalue weighted by Gasteiger charge is -2.16. The maximum absolute atomic E-state index is 12.3. The Hall–Kier alpha value is -2.42. The highest BCUT2D eigenvalue weighted by molar-refractivity contribution is 6.09. The highest BCUT2D eigenvalue weighted by Gasteiger charge is 2.20. The summed E-state index contributed by atoms with van der Waals surface area (Å²) < 4.78 is 4.97. The van der Waals surface area contributed by atoms with Gasteiger partial charge in [0, 0.05) is 17.5 Å². The lowest BCUT2D eigenvalue weighted by molar-refractivity contribution is 0.0480. The van der Waals surface area contributed by atoms with Crippen LogP contribution in [0.15, 0.2) is 48.5 Å². The first kappa shape index (κ1) is 11.7. The predicted molar refractivity (Wildman–Crippen MR) is 70.3 cm³/mol. The molecule has 0 radical (unpaired) electrons. The van der Waals surface area contributed by atoms with E-state index in [1.807, 2.05) is 18.2 Å². The lowest BCUT2D eigenvalue weighted by atomic mass is 9.96. The molecule has 0 aliphatic carbocycles. The molecular formula is C16H12O3. The average Bonchev–Trinajstić information content (AvgIpc) is 2.47. The molecule has 0 amide bonds. The van der Waals surface area contributed by atoms with Gasteiger partial charge in [0.1, 0.15) is 0 Å². The first-order valence-corrected chi connectivity index (χ1v) is 6.15. The van der Waals surface area contributed by atoms with Crippen molar-refractivity contribution in [1.29, 1.82) is 0 Å². The number of hydrogen-bond donors (Lipinski definition) is 0. The summed E-state index contributed by atoms with van der Waals surface area (Å²) in [4.78, 5) is 23.8. The van der Waals surface area contributed by atoms with Gasteiger partial charge in [0.05, 0.1) is 12.2 Å². The molecule has 0 aromatic heterocycles. The van der Waals surface area contributed by atoms with Crippen LogP contribution in [0.4, 0.5) is 0 Å². The van der Waals surface area contributed by atoms with Crippen molar-refractivity contribution < 1.29 is 14.3 Å². The van der Waals surface area contributed by atoms with Crippen molar-refractivity contribution in [1.82, 2.24) is 0 Å². The number of cyclic esters (lactones) is 1. The Labute approximate surface area is 110 Å². The van der Waals surface area contributed by atoms with E-state index in [2.05, 4.69) is 0 Å². The molecule has 0 saturated carbocycles. The Morgan fingerprint density at radius 1 is 1.00 bits per heavy atom. The summed E-state index contributed by atoms with van der Waals surface area (Å²) in [5, 5.41) is 0. The second kappa shape index (κ2) is 4.69. The summed E-state index contributed by atoms with van der Waals surface area (Å²) >= 11 is 0. The van der Waals surface area contributed by atoms with E-state index in [1.165, 1.54) is 0 Å². The zero-order chi connectivity index (χ0) is 13.2. The Morgan fingerprint density at radius 3 is 2.58 bits per heavy atom. The van der Waals surface area contributed by atoms with Crippen LogP contribution in [0.3, 0.4) is 0 Å². The molecule has 19 heavy (non-hydrogen) atoms. The number of hydrogen-bond acceptors (Lipinski definition) is 3. The molecule has 1 aliphatic heterocycles. The van der Waals surface area contributed by atoms with E-state index in [9.17, 15) is 9.59 Å². The highest BCUT2D eigenvalue weighted by atomic mass is 16.5. The smallest absolute Gasteiger partial charge is 0.338 e. The van der Waals surface area contributed by atoms with E-state index >= 15 is 0 Å². The summed E-state index contributed by atoms with van der Waals surface area (Å²) in [6, 6.07) is 14.3. The molecule has 0 fully saturated rings. The second-order valence-corrected chi connectivity index (χ2v) is 4.45. The molecule has 0 bridgehead atoms. The van der Waals surface area contributed by atoms with Crippen LogP contribution in [0, 0.1) is 0 Å². The summed E-state index contributed by atoms with van der Waals surface area (Å²) in [7, 11) is 0. The van der Waals surface area contributed by atoms with Crippen LogP contribution in [0.1, 0.15) is 31.8 Å². The van der Waals surface area contributed by atoms with E-state index in [-0.39, 0.29) is 11.8 Å². The van der Waals surface area contributed by atoms with Gasteiger partial charge in [-0.1, -0.05) is 36.4 Å². The van der Waals surface area contributed by atoms with Gasteiger partial charge < -0.3 is 4.74 Å². The SMILES string of the molecule is O=C(c1ccccc1)c1ccc2c(c1)CCOC2=O. The van der Waals surface area contributed by atoms with Gasteiger partial charge in [0.2, 0.25) is 0 Å². The monoisotopic (exact) mass is 252 g/mol. The quantitative estimate of drug-likeness (QED) is 0.609. The third-order valence-electron chi connectivity index (χ3n) is 3.23. The number of esters is 1. The van der Waals surface area contributed by atoms with Gasteiger partial charge in [0.25, 0.3) is 0 Å². The van der Waals surface area contributed by atoms with E-state index in [4.69, 9.17) is 4.74 Å². The average molecular weight is 252 g/mol. The zero-order valence-corrected chi connectivity index (χ0v) is 10.3. The molecule has 3 rings (SSSR count). The minimum absolute atomic E-state index is 0.0256. The third-order valence-corrected chi connectivity index (χ3v) is 3.23. The predicted octanol–water partition coefficient (Wildman–Crippen LogP) is 2.63. The summed E-state index contributed by atoms with van der Waals surface area (Å²) in [6.07, 6.45) is 0.664. The molecule has 0 spiro atoms. The molecule has 0 atom stereocenters. The minimum atomic E-state index is -0.306. The van der Waals surface area contributed by atoms with Gasteiger partial charge in [-0.05, 0) is 17.7 Å². The lowest BCUT2D eigenvalue weighted by Crippen LogP contribution is -2.18. The number of carbonyl (C=O) groups excluding carboxylic acids is 2. The van der Waals surface area contributed by atoms with Crippen molar-refractivity contribution in [2.45, 2.75) is 6.42 Å². The van der Waals surface area contributed by atoms with Crippen molar-refractivity contribution in [3.05, 3.63) is 70.8 Å². The molecule has 94 valence electrons. The van der Waals surface area contributed by atoms with Crippen LogP contribution in [0.5, 0.6) is 0 Å². The maximum atomic E-state index is 12.3. The van der Waals surface area contributed by atoms with Crippen molar-refractivity contribution in [3.8, 4) is 0 Å². The molecule has 3 heteroatoms. The van der Waals surface area contributed by atoms with Crippen LogP contribution in [0.25, 0.3) is 0 Å². The molecule has 3 nitrogen and oxygen atoms in total. The van der Waals surface area contributed by atoms with Crippen molar-refractivity contribution in [3.63, 3.8) is 0 Å². The normalized spacial score (nSPS) is 13.6. The topological polar surface area (TPSA) is 43.4 Å². The van der Waals surface area contributed by atoms with Gasteiger partial charge in [-0.2, -0.15) is 0 Å².